The maximum Gasteiger partial charge on any atom is -0.00170 e. The zero-order valence-electron chi connectivity index (χ0n) is 6.11. The van der Waals surface area contributed by atoms with Crippen LogP contribution in [-0.2, 0) is 0 Å². The van der Waals surface area contributed by atoms with E-state index in [2.05, 4.69) is 18.8 Å². The van der Waals surface area contributed by atoms with E-state index in [9.17, 15) is 0 Å². The third-order valence-electron chi connectivity index (χ3n) is 1.80. The van der Waals surface area contributed by atoms with Gasteiger partial charge in [0.25, 0.3) is 0 Å². The van der Waals surface area contributed by atoms with E-state index in [-0.39, 0.29) is 0 Å². The Kier molecular flexibility index (Phi) is 2.29. The van der Waals surface area contributed by atoms with Gasteiger partial charge in [0, 0.05) is 0 Å². The number of allylic oxidation sites excluding steroid dienone is 1. The first-order valence-electron chi connectivity index (χ1n) is 3.64. The Hall–Kier alpha value is -0.300. The Balaban J connectivity index is 2.19. The molecule has 0 radical (unpaired) electrons. The van der Waals surface area contributed by atoms with Gasteiger partial charge in [-0.05, 0) is 38.8 Å². The van der Waals surface area contributed by atoms with Crippen molar-refractivity contribution in [3.05, 3.63) is 12.2 Å². The average molecular weight is 125 g/mol. The maximum atomic E-state index is 3.89. The molecule has 9 heavy (non-hydrogen) atoms. The van der Waals surface area contributed by atoms with Crippen molar-refractivity contribution in [2.24, 2.45) is 5.92 Å². The summed E-state index contributed by atoms with van der Waals surface area (Å²) in [5, 5.41) is 3.34. The second-order valence-corrected chi connectivity index (χ2v) is 3.02. The van der Waals surface area contributed by atoms with Gasteiger partial charge in [-0.25, -0.2) is 0 Å². The van der Waals surface area contributed by atoms with Gasteiger partial charge >= 0.3 is 0 Å². The molecule has 1 aliphatic heterocycles. The fraction of sp³-hybridized carbons (Fsp3) is 0.750. The first-order valence-corrected chi connectivity index (χ1v) is 3.64. The van der Waals surface area contributed by atoms with Crippen LogP contribution < -0.4 is 5.32 Å². The van der Waals surface area contributed by atoms with Crippen molar-refractivity contribution < 1.29 is 0 Å². The Labute approximate surface area is 57.1 Å². The van der Waals surface area contributed by atoms with E-state index < -0.39 is 0 Å². The van der Waals surface area contributed by atoms with E-state index in [1.165, 1.54) is 31.5 Å². The molecule has 0 aromatic rings. The quantitative estimate of drug-likeness (QED) is 0.552. The Morgan fingerprint density at radius 2 is 2.56 bits per heavy atom. The lowest BCUT2D eigenvalue weighted by atomic mass is 10.0. The van der Waals surface area contributed by atoms with Crippen molar-refractivity contribution in [2.45, 2.75) is 19.8 Å². The zero-order chi connectivity index (χ0) is 6.69. The molecule has 1 heteroatoms. The smallest absolute Gasteiger partial charge is 0.00170 e. The normalized spacial score (nSPS) is 26.6. The van der Waals surface area contributed by atoms with Gasteiger partial charge < -0.3 is 5.32 Å². The minimum Gasteiger partial charge on any atom is -0.316 e. The van der Waals surface area contributed by atoms with Gasteiger partial charge in [0.15, 0.2) is 0 Å². The summed E-state index contributed by atoms with van der Waals surface area (Å²) in [6.45, 7) is 8.41. The van der Waals surface area contributed by atoms with E-state index >= 15 is 0 Å². The molecule has 1 nitrogen and oxygen atoms in total. The van der Waals surface area contributed by atoms with E-state index in [4.69, 9.17) is 0 Å². The number of nitrogens with one attached hydrogen (secondary N) is 1. The summed E-state index contributed by atoms with van der Waals surface area (Å²) in [6, 6.07) is 0. The summed E-state index contributed by atoms with van der Waals surface area (Å²) in [4.78, 5) is 0. The molecule has 0 amide bonds. The SMILES string of the molecule is C=C(C)C[C@@H]1CCNC1. The zero-order valence-corrected chi connectivity index (χ0v) is 6.11. The first-order chi connectivity index (χ1) is 4.29. The molecule has 1 N–H and O–H groups in total. The maximum absolute atomic E-state index is 3.89. The van der Waals surface area contributed by atoms with Gasteiger partial charge in [-0.2, -0.15) is 0 Å². The van der Waals surface area contributed by atoms with Crippen LogP contribution in [0.2, 0.25) is 0 Å². The Morgan fingerprint density at radius 1 is 1.78 bits per heavy atom. The molecule has 0 unspecified atom stereocenters. The molecule has 0 aromatic carbocycles. The fourth-order valence-electron chi connectivity index (χ4n) is 1.38. The number of hydrogen-bond acceptors (Lipinski definition) is 1. The van der Waals surface area contributed by atoms with Gasteiger partial charge in [-0.15, -0.1) is 6.58 Å². The third-order valence-corrected chi connectivity index (χ3v) is 1.80. The lowest BCUT2D eigenvalue weighted by molar-refractivity contribution is 0.578. The largest absolute Gasteiger partial charge is 0.316 e. The van der Waals surface area contributed by atoms with Crippen molar-refractivity contribution in [3.8, 4) is 0 Å². The molecule has 0 aromatic heterocycles. The number of hydrogen-bond donors (Lipinski definition) is 1. The van der Waals surface area contributed by atoms with Gasteiger partial charge in [-0.1, -0.05) is 5.57 Å². The minimum atomic E-state index is 0.877. The lowest BCUT2D eigenvalue weighted by Crippen LogP contribution is -2.08. The molecule has 1 rings (SSSR count). The van der Waals surface area contributed by atoms with E-state index in [0.29, 0.717) is 0 Å². The summed E-state index contributed by atoms with van der Waals surface area (Å²) in [5.41, 5.74) is 1.32. The topological polar surface area (TPSA) is 12.0 Å². The second-order valence-electron chi connectivity index (χ2n) is 3.02. The van der Waals surface area contributed by atoms with E-state index in [1.807, 2.05) is 0 Å². The standard InChI is InChI=1S/C8H15N/c1-7(2)5-8-3-4-9-6-8/h8-9H,1,3-6H2,2H3/t8-/m0/s1. The van der Waals surface area contributed by atoms with Crippen molar-refractivity contribution in [1.82, 2.24) is 5.32 Å². The fourth-order valence-corrected chi connectivity index (χ4v) is 1.38. The summed E-state index contributed by atoms with van der Waals surface area (Å²) in [6.07, 6.45) is 2.56. The highest BCUT2D eigenvalue weighted by Crippen LogP contribution is 2.15. The lowest BCUT2D eigenvalue weighted by Gasteiger charge is -2.05. The molecule has 1 heterocycles. The minimum absolute atomic E-state index is 0.877. The predicted molar refractivity (Wildman–Crippen MR) is 40.4 cm³/mol. The molecule has 0 aliphatic carbocycles. The highest BCUT2D eigenvalue weighted by molar-refractivity contribution is 4.92. The van der Waals surface area contributed by atoms with Crippen LogP contribution in [0.15, 0.2) is 12.2 Å². The van der Waals surface area contributed by atoms with Crippen LogP contribution >= 0.6 is 0 Å². The summed E-state index contributed by atoms with van der Waals surface area (Å²) >= 11 is 0. The van der Waals surface area contributed by atoms with Gasteiger partial charge in [-0.3, -0.25) is 0 Å². The van der Waals surface area contributed by atoms with Crippen LogP contribution in [0.3, 0.4) is 0 Å². The van der Waals surface area contributed by atoms with Crippen molar-refractivity contribution in [2.75, 3.05) is 13.1 Å². The highest BCUT2D eigenvalue weighted by Gasteiger charge is 2.13. The molecule has 1 fully saturated rings. The van der Waals surface area contributed by atoms with Gasteiger partial charge in [0.1, 0.15) is 0 Å². The van der Waals surface area contributed by atoms with Crippen LogP contribution in [0, 0.1) is 5.92 Å². The summed E-state index contributed by atoms with van der Waals surface area (Å²) in [5.74, 6) is 0.877. The van der Waals surface area contributed by atoms with Crippen LogP contribution in [0.5, 0.6) is 0 Å². The van der Waals surface area contributed by atoms with Crippen LogP contribution in [0.25, 0.3) is 0 Å². The van der Waals surface area contributed by atoms with Crippen molar-refractivity contribution >= 4 is 0 Å². The second kappa shape index (κ2) is 3.02. The predicted octanol–water partition coefficient (Wildman–Crippen LogP) is 1.56. The molecule has 0 bridgehead atoms. The molecule has 0 saturated carbocycles. The van der Waals surface area contributed by atoms with Crippen LogP contribution in [-0.4, -0.2) is 13.1 Å². The van der Waals surface area contributed by atoms with Crippen molar-refractivity contribution in [3.63, 3.8) is 0 Å². The molecular formula is C8H15N. The molecule has 52 valence electrons. The molecule has 1 saturated heterocycles. The molecule has 1 aliphatic rings. The third kappa shape index (κ3) is 2.19. The van der Waals surface area contributed by atoms with Crippen LogP contribution in [0.1, 0.15) is 19.8 Å². The van der Waals surface area contributed by atoms with E-state index in [1.54, 1.807) is 0 Å². The van der Waals surface area contributed by atoms with Crippen molar-refractivity contribution in [1.29, 1.82) is 0 Å². The number of rotatable bonds is 2. The Morgan fingerprint density at radius 3 is 3.00 bits per heavy atom. The average Bonchev–Trinajstić information content (AvgIpc) is 2.15. The molecular weight excluding hydrogens is 110 g/mol. The monoisotopic (exact) mass is 125 g/mol. The van der Waals surface area contributed by atoms with E-state index in [0.717, 1.165) is 5.92 Å². The van der Waals surface area contributed by atoms with Crippen LogP contribution in [0.4, 0.5) is 0 Å². The molecule has 0 spiro atoms. The summed E-state index contributed by atoms with van der Waals surface area (Å²) < 4.78 is 0. The highest BCUT2D eigenvalue weighted by atomic mass is 14.9. The summed E-state index contributed by atoms with van der Waals surface area (Å²) in [7, 11) is 0. The van der Waals surface area contributed by atoms with Gasteiger partial charge in [0.2, 0.25) is 0 Å². The molecule has 1 atom stereocenters. The van der Waals surface area contributed by atoms with Gasteiger partial charge in [0.05, 0.1) is 0 Å². The first kappa shape index (κ1) is 6.81. The Bertz CT molecular complexity index is 101.